The molecule has 0 radical (unpaired) electrons. The van der Waals surface area contributed by atoms with Gasteiger partial charge in [0.1, 0.15) is 11.6 Å². The second kappa shape index (κ2) is 6.79. The molecule has 1 fully saturated rings. The number of hydrogen-bond acceptors (Lipinski definition) is 4. The van der Waals surface area contributed by atoms with Crippen molar-refractivity contribution in [3.63, 3.8) is 0 Å². The van der Waals surface area contributed by atoms with E-state index in [1.54, 1.807) is 12.3 Å². The molecular weight excluding hydrogens is 291 g/mol. The van der Waals surface area contributed by atoms with Crippen molar-refractivity contribution in [2.45, 2.75) is 6.54 Å². The maximum atomic E-state index is 12.9. The zero-order valence-electron chi connectivity index (χ0n) is 13.1. The van der Waals surface area contributed by atoms with Crippen molar-refractivity contribution in [3.8, 4) is 0 Å². The molecule has 1 aromatic carbocycles. The summed E-state index contributed by atoms with van der Waals surface area (Å²) >= 11 is 0. The van der Waals surface area contributed by atoms with Crippen LogP contribution in [0.5, 0.6) is 0 Å². The first-order chi connectivity index (χ1) is 11.1. The molecule has 0 aliphatic carbocycles. The van der Waals surface area contributed by atoms with Crippen LogP contribution in [0.2, 0.25) is 0 Å². The molecule has 1 aromatic heterocycles. The number of nitrogen functional groups attached to an aromatic ring is 1. The predicted molar refractivity (Wildman–Crippen MR) is 90.9 cm³/mol. The number of nitrogens with zero attached hydrogens (tertiary/aromatic N) is 3. The molecular formula is C18H21FN4. The van der Waals surface area contributed by atoms with Gasteiger partial charge in [-0.15, -0.1) is 0 Å². The first-order valence-electron chi connectivity index (χ1n) is 7.74. The second-order valence-corrected chi connectivity index (χ2v) is 5.81. The average Bonchev–Trinajstić information content (AvgIpc) is 2.58. The predicted octanol–water partition coefficient (Wildman–Crippen LogP) is 2.59. The minimum absolute atomic E-state index is 0.188. The average molecular weight is 312 g/mol. The third kappa shape index (κ3) is 3.87. The number of benzene rings is 1. The third-order valence-corrected chi connectivity index (χ3v) is 4.19. The van der Waals surface area contributed by atoms with Gasteiger partial charge in [0, 0.05) is 50.2 Å². The zero-order valence-corrected chi connectivity index (χ0v) is 13.1. The molecule has 5 heteroatoms. The second-order valence-electron chi connectivity index (χ2n) is 5.81. The molecule has 4 nitrogen and oxygen atoms in total. The molecule has 2 N–H and O–H groups in total. The Morgan fingerprint density at radius 2 is 1.78 bits per heavy atom. The lowest BCUT2D eigenvalue weighted by molar-refractivity contribution is 0.169. The van der Waals surface area contributed by atoms with E-state index in [4.69, 9.17) is 5.73 Å². The Labute approximate surface area is 136 Å². The fraction of sp³-hybridized carbons (Fsp3) is 0.278. The van der Waals surface area contributed by atoms with Gasteiger partial charge in [0.05, 0.1) is 0 Å². The van der Waals surface area contributed by atoms with Gasteiger partial charge in [0.25, 0.3) is 0 Å². The highest BCUT2D eigenvalue weighted by Crippen LogP contribution is 2.19. The highest BCUT2D eigenvalue weighted by molar-refractivity contribution is 5.62. The van der Waals surface area contributed by atoms with E-state index in [0.717, 1.165) is 49.5 Å². The van der Waals surface area contributed by atoms with Crippen molar-refractivity contribution < 1.29 is 4.39 Å². The van der Waals surface area contributed by atoms with E-state index >= 15 is 0 Å². The third-order valence-electron chi connectivity index (χ3n) is 4.19. The lowest BCUT2D eigenvalue weighted by Crippen LogP contribution is -2.44. The zero-order chi connectivity index (χ0) is 16.2. The van der Waals surface area contributed by atoms with Crippen LogP contribution < -0.4 is 5.73 Å². The van der Waals surface area contributed by atoms with Gasteiger partial charge in [-0.2, -0.15) is 0 Å². The van der Waals surface area contributed by atoms with E-state index in [1.165, 1.54) is 12.1 Å². The highest BCUT2D eigenvalue weighted by atomic mass is 19.1. The number of anilines is 1. The van der Waals surface area contributed by atoms with Gasteiger partial charge < -0.3 is 10.6 Å². The molecule has 0 amide bonds. The summed E-state index contributed by atoms with van der Waals surface area (Å²) in [6.45, 7) is 8.79. The van der Waals surface area contributed by atoms with Crippen molar-refractivity contribution in [2.75, 3.05) is 31.9 Å². The first-order valence-corrected chi connectivity index (χ1v) is 7.74. The van der Waals surface area contributed by atoms with Crippen molar-refractivity contribution in [3.05, 3.63) is 66.1 Å². The van der Waals surface area contributed by atoms with Gasteiger partial charge >= 0.3 is 0 Å². The van der Waals surface area contributed by atoms with Gasteiger partial charge in [-0.25, -0.2) is 9.37 Å². The van der Waals surface area contributed by atoms with Crippen LogP contribution in [-0.2, 0) is 6.54 Å². The number of hydrogen-bond donors (Lipinski definition) is 1. The summed E-state index contributed by atoms with van der Waals surface area (Å²) in [7, 11) is 0. The van der Waals surface area contributed by atoms with Gasteiger partial charge in [0.2, 0.25) is 0 Å². The van der Waals surface area contributed by atoms with Crippen molar-refractivity contribution in [1.82, 2.24) is 14.8 Å². The number of piperazine rings is 1. The summed E-state index contributed by atoms with van der Waals surface area (Å²) in [5.74, 6) is 0.331. The number of rotatable bonds is 4. The minimum Gasteiger partial charge on any atom is -0.384 e. The number of aromatic nitrogens is 1. The van der Waals surface area contributed by atoms with Crippen LogP contribution in [0.15, 0.2) is 49.2 Å². The van der Waals surface area contributed by atoms with Crippen LogP contribution in [0.4, 0.5) is 10.2 Å². The molecule has 0 unspecified atom stereocenters. The van der Waals surface area contributed by atoms with Gasteiger partial charge in [-0.05, 0) is 29.8 Å². The van der Waals surface area contributed by atoms with Crippen molar-refractivity contribution >= 4 is 11.5 Å². The van der Waals surface area contributed by atoms with E-state index < -0.39 is 0 Å². The molecule has 23 heavy (non-hydrogen) atoms. The molecule has 0 bridgehead atoms. The van der Waals surface area contributed by atoms with E-state index in [-0.39, 0.29) is 5.82 Å². The number of nitrogens with two attached hydrogens (primary N) is 1. The Bertz CT molecular complexity index is 658. The van der Waals surface area contributed by atoms with Crippen molar-refractivity contribution in [1.29, 1.82) is 0 Å². The molecule has 2 aromatic rings. The van der Waals surface area contributed by atoms with E-state index in [0.29, 0.717) is 5.82 Å². The quantitative estimate of drug-likeness (QED) is 0.942. The largest absolute Gasteiger partial charge is 0.384 e. The fourth-order valence-electron chi connectivity index (χ4n) is 2.78. The topological polar surface area (TPSA) is 45.4 Å². The SMILES string of the molecule is C=C(c1ccc(N)nc1)N1CCN(Cc2ccc(F)cc2)CC1. The standard InChI is InChI=1S/C18H21FN4/c1-14(16-4-7-18(20)21-12-16)23-10-8-22(9-11-23)13-15-2-5-17(19)6-3-15/h2-7,12H,1,8-11,13H2,(H2,20,21). The molecule has 120 valence electrons. The molecule has 0 saturated carbocycles. The maximum absolute atomic E-state index is 12.9. The summed E-state index contributed by atoms with van der Waals surface area (Å²) < 4.78 is 12.9. The molecule has 1 saturated heterocycles. The van der Waals surface area contributed by atoms with Gasteiger partial charge in [0.15, 0.2) is 0 Å². The van der Waals surface area contributed by atoms with Crippen LogP contribution >= 0.6 is 0 Å². The van der Waals surface area contributed by atoms with E-state index in [1.807, 2.05) is 18.2 Å². The first kappa shape index (κ1) is 15.5. The summed E-state index contributed by atoms with van der Waals surface area (Å²) in [6, 6.07) is 10.5. The lowest BCUT2D eigenvalue weighted by atomic mass is 10.1. The van der Waals surface area contributed by atoms with Crippen LogP contribution in [0.1, 0.15) is 11.1 Å². The van der Waals surface area contributed by atoms with Gasteiger partial charge in [-0.1, -0.05) is 18.7 Å². The summed E-state index contributed by atoms with van der Waals surface area (Å²) in [5.41, 5.74) is 8.75. The Kier molecular flexibility index (Phi) is 4.57. The molecule has 1 aliphatic heterocycles. The van der Waals surface area contributed by atoms with E-state index in [9.17, 15) is 4.39 Å². The maximum Gasteiger partial charge on any atom is 0.123 e. The Hall–Kier alpha value is -2.40. The van der Waals surface area contributed by atoms with Gasteiger partial charge in [-0.3, -0.25) is 4.90 Å². The summed E-state index contributed by atoms with van der Waals surface area (Å²) in [4.78, 5) is 8.77. The smallest absolute Gasteiger partial charge is 0.123 e. The van der Waals surface area contributed by atoms with Crippen LogP contribution in [0.25, 0.3) is 5.70 Å². The van der Waals surface area contributed by atoms with Crippen molar-refractivity contribution in [2.24, 2.45) is 0 Å². The molecule has 0 atom stereocenters. The molecule has 0 spiro atoms. The lowest BCUT2D eigenvalue weighted by Gasteiger charge is -2.37. The molecule has 1 aliphatic rings. The van der Waals surface area contributed by atoms with E-state index in [2.05, 4.69) is 21.4 Å². The highest BCUT2D eigenvalue weighted by Gasteiger charge is 2.18. The minimum atomic E-state index is -0.188. The summed E-state index contributed by atoms with van der Waals surface area (Å²) in [5, 5.41) is 0. The monoisotopic (exact) mass is 312 g/mol. The van der Waals surface area contributed by atoms with Crippen LogP contribution in [0, 0.1) is 5.82 Å². The van der Waals surface area contributed by atoms with Crippen LogP contribution in [-0.4, -0.2) is 41.0 Å². The Balaban J connectivity index is 1.54. The number of pyridine rings is 1. The molecule has 2 heterocycles. The normalized spacial score (nSPS) is 15.6. The Morgan fingerprint density at radius 1 is 1.09 bits per heavy atom. The summed E-state index contributed by atoms with van der Waals surface area (Å²) in [6.07, 6.45) is 1.77. The fourth-order valence-corrected chi connectivity index (χ4v) is 2.78. The molecule has 3 rings (SSSR count). The Morgan fingerprint density at radius 3 is 2.39 bits per heavy atom. The van der Waals surface area contributed by atoms with Crippen LogP contribution in [0.3, 0.4) is 0 Å². The number of halogens is 1.